The predicted octanol–water partition coefficient (Wildman–Crippen LogP) is 2.63. The Morgan fingerprint density at radius 1 is 1.52 bits per heavy atom. The number of benzene rings is 1. The van der Waals surface area contributed by atoms with E-state index in [-0.39, 0.29) is 23.7 Å². The molecular formula is C13H14ClFN4O2. The van der Waals surface area contributed by atoms with Gasteiger partial charge in [0.1, 0.15) is 5.82 Å². The smallest absolute Gasteiger partial charge is 0.303 e. The van der Waals surface area contributed by atoms with Gasteiger partial charge >= 0.3 is 5.97 Å². The van der Waals surface area contributed by atoms with E-state index < -0.39 is 11.8 Å². The zero-order chi connectivity index (χ0) is 15.4. The van der Waals surface area contributed by atoms with Crippen LogP contribution in [-0.4, -0.2) is 31.3 Å². The quantitative estimate of drug-likeness (QED) is 0.886. The molecule has 1 aromatic carbocycles. The Morgan fingerprint density at radius 3 is 2.95 bits per heavy atom. The summed E-state index contributed by atoms with van der Waals surface area (Å²) in [5.41, 5.74) is 0.192. The van der Waals surface area contributed by atoms with Crippen LogP contribution in [0.2, 0.25) is 5.02 Å². The molecule has 0 fully saturated rings. The Balaban J connectivity index is 2.30. The standard InChI is InChI=1S/C13H14ClFN4O2/c1-2-8(5-12(20)21)7-19-13(16-17-18-19)10-6-9(14)3-4-11(10)15/h3-4,6,8H,2,5,7H2,1H3,(H,20,21). The third kappa shape index (κ3) is 3.75. The van der Waals surface area contributed by atoms with E-state index in [4.69, 9.17) is 16.7 Å². The monoisotopic (exact) mass is 312 g/mol. The molecule has 1 heterocycles. The maximum Gasteiger partial charge on any atom is 0.303 e. The van der Waals surface area contributed by atoms with Gasteiger partial charge in [-0.2, -0.15) is 0 Å². The van der Waals surface area contributed by atoms with Crippen molar-refractivity contribution < 1.29 is 14.3 Å². The fraction of sp³-hybridized carbons (Fsp3) is 0.385. The van der Waals surface area contributed by atoms with Gasteiger partial charge in [-0.1, -0.05) is 24.9 Å². The number of rotatable bonds is 6. The van der Waals surface area contributed by atoms with Gasteiger partial charge in [0.15, 0.2) is 5.82 Å². The summed E-state index contributed by atoms with van der Waals surface area (Å²) < 4.78 is 15.3. The van der Waals surface area contributed by atoms with Crippen molar-refractivity contribution in [3.8, 4) is 11.4 Å². The molecule has 1 N–H and O–H groups in total. The number of hydrogen-bond donors (Lipinski definition) is 1. The molecule has 6 nitrogen and oxygen atoms in total. The molecule has 0 radical (unpaired) electrons. The molecule has 0 aliphatic carbocycles. The molecule has 112 valence electrons. The largest absolute Gasteiger partial charge is 0.481 e. The van der Waals surface area contributed by atoms with Gasteiger partial charge < -0.3 is 5.11 Å². The van der Waals surface area contributed by atoms with Crippen molar-refractivity contribution in [1.82, 2.24) is 20.2 Å². The molecule has 2 rings (SSSR count). The van der Waals surface area contributed by atoms with E-state index >= 15 is 0 Å². The third-order valence-corrected chi connectivity index (χ3v) is 3.41. The summed E-state index contributed by atoms with van der Waals surface area (Å²) in [4.78, 5) is 10.8. The highest BCUT2D eigenvalue weighted by Crippen LogP contribution is 2.24. The Bertz CT molecular complexity index is 647. The summed E-state index contributed by atoms with van der Waals surface area (Å²) in [6.07, 6.45) is 0.664. The lowest BCUT2D eigenvalue weighted by Gasteiger charge is -2.13. The van der Waals surface area contributed by atoms with Crippen molar-refractivity contribution in [1.29, 1.82) is 0 Å². The zero-order valence-electron chi connectivity index (χ0n) is 11.3. The first-order valence-electron chi connectivity index (χ1n) is 6.44. The molecule has 0 saturated carbocycles. The van der Waals surface area contributed by atoms with Gasteiger partial charge in [-0.15, -0.1) is 5.10 Å². The van der Waals surface area contributed by atoms with E-state index in [2.05, 4.69) is 15.5 Å². The lowest BCUT2D eigenvalue weighted by molar-refractivity contribution is -0.138. The van der Waals surface area contributed by atoms with Crippen LogP contribution in [0.1, 0.15) is 19.8 Å². The summed E-state index contributed by atoms with van der Waals surface area (Å²) in [7, 11) is 0. The number of hydrogen-bond acceptors (Lipinski definition) is 4. The molecule has 1 aromatic heterocycles. The predicted molar refractivity (Wildman–Crippen MR) is 74.3 cm³/mol. The van der Waals surface area contributed by atoms with Gasteiger partial charge in [-0.25, -0.2) is 9.07 Å². The SMILES string of the molecule is CCC(CC(=O)O)Cn1nnnc1-c1cc(Cl)ccc1F. The summed E-state index contributed by atoms with van der Waals surface area (Å²) in [6, 6.07) is 4.12. The number of tetrazole rings is 1. The molecule has 0 saturated heterocycles. The minimum absolute atomic E-state index is 0.00777. The second kappa shape index (κ2) is 6.62. The minimum atomic E-state index is -0.884. The second-order valence-electron chi connectivity index (χ2n) is 4.68. The highest BCUT2D eigenvalue weighted by Gasteiger charge is 2.18. The van der Waals surface area contributed by atoms with E-state index in [1.54, 1.807) is 0 Å². The van der Waals surface area contributed by atoms with E-state index in [9.17, 15) is 9.18 Å². The van der Waals surface area contributed by atoms with Crippen LogP contribution in [0, 0.1) is 11.7 Å². The van der Waals surface area contributed by atoms with Crippen molar-refractivity contribution in [3.05, 3.63) is 29.0 Å². The highest BCUT2D eigenvalue weighted by molar-refractivity contribution is 6.30. The molecule has 0 bridgehead atoms. The number of aliphatic carboxylic acids is 1. The van der Waals surface area contributed by atoms with Crippen LogP contribution in [0.4, 0.5) is 4.39 Å². The summed E-state index contributed by atoms with van der Waals surface area (Å²) in [5.74, 6) is -1.27. The van der Waals surface area contributed by atoms with Crippen LogP contribution in [0.5, 0.6) is 0 Å². The summed E-state index contributed by atoms with van der Waals surface area (Å²) in [6.45, 7) is 2.19. The lowest BCUT2D eigenvalue weighted by atomic mass is 10.0. The van der Waals surface area contributed by atoms with E-state index in [0.29, 0.717) is 18.0 Å². The van der Waals surface area contributed by atoms with Crippen LogP contribution < -0.4 is 0 Å². The fourth-order valence-corrected chi connectivity index (χ4v) is 2.19. The fourth-order valence-electron chi connectivity index (χ4n) is 2.02. The molecule has 0 aliphatic rings. The Labute approximate surface area is 125 Å². The van der Waals surface area contributed by atoms with Crippen LogP contribution in [-0.2, 0) is 11.3 Å². The molecule has 8 heteroatoms. The van der Waals surface area contributed by atoms with Crippen LogP contribution >= 0.6 is 11.6 Å². The zero-order valence-corrected chi connectivity index (χ0v) is 12.1. The van der Waals surface area contributed by atoms with Gasteiger partial charge in [0.2, 0.25) is 0 Å². The first kappa shape index (κ1) is 15.4. The number of nitrogens with zero attached hydrogens (tertiary/aromatic N) is 4. The molecule has 0 amide bonds. The summed E-state index contributed by atoms with van der Waals surface area (Å²) in [5, 5.41) is 20.4. The number of carboxylic acids is 1. The van der Waals surface area contributed by atoms with Gasteiger partial charge in [0.05, 0.1) is 5.56 Å². The van der Waals surface area contributed by atoms with Crippen molar-refractivity contribution in [2.24, 2.45) is 5.92 Å². The normalized spacial score (nSPS) is 12.3. The molecular weight excluding hydrogens is 299 g/mol. The van der Waals surface area contributed by atoms with Crippen LogP contribution in [0.25, 0.3) is 11.4 Å². The summed E-state index contributed by atoms with van der Waals surface area (Å²) >= 11 is 5.87. The number of halogens is 2. The lowest BCUT2D eigenvalue weighted by Crippen LogP contribution is -2.16. The Kier molecular flexibility index (Phi) is 4.85. The van der Waals surface area contributed by atoms with Gasteiger partial charge in [0.25, 0.3) is 0 Å². The average Bonchev–Trinajstić information content (AvgIpc) is 2.88. The van der Waals surface area contributed by atoms with Crippen molar-refractivity contribution >= 4 is 17.6 Å². The van der Waals surface area contributed by atoms with Gasteiger partial charge in [-0.05, 0) is 34.5 Å². The van der Waals surface area contributed by atoms with E-state index in [1.807, 2.05) is 6.92 Å². The molecule has 2 aromatic rings. The highest BCUT2D eigenvalue weighted by atomic mass is 35.5. The molecule has 0 spiro atoms. The maximum atomic E-state index is 13.9. The third-order valence-electron chi connectivity index (χ3n) is 3.17. The first-order valence-corrected chi connectivity index (χ1v) is 6.82. The molecule has 21 heavy (non-hydrogen) atoms. The Morgan fingerprint density at radius 2 is 2.29 bits per heavy atom. The van der Waals surface area contributed by atoms with Gasteiger partial charge in [-0.3, -0.25) is 4.79 Å². The van der Waals surface area contributed by atoms with E-state index in [1.165, 1.54) is 22.9 Å². The van der Waals surface area contributed by atoms with Crippen molar-refractivity contribution in [3.63, 3.8) is 0 Å². The number of carboxylic acid groups (broad SMARTS) is 1. The molecule has 0 aliphatic heterocycles. The second-order valence-corrected chi connectivity index (χ2v) is 5.12. The molecule has 1 atom stereocenters. The van der Waals surface area contributed by atoms with Crippen LogP contribution in [0.3, 0.4) is 0 Å². The van der Waals surface area contributed by atoms with Crippen molar-refractivity contribution in [2.75, 3.05) is 0 Å². The Hall–Kier alpha value is -2.02. The first-order chi connectivity index (χ1) is 10.0. The van der Waals surface area contributed by atoms with Gasteiger partial charge in [0, 0.05) is 18.0 Å². The van der Waals surface area contributed by atoms with Crippen molar-refractivity contribution in [2.45, 2.75) is 26.3 Å². The van der Waals surface area contributed by atoms with Crippen LogP contribution in [0.15, 0.2) is 18.2 Å². The van der Waals surface area contributed by atoms with E-state index in [0.717, 1.165) is 0 Å². The molecule has 1 unspecified atom stereocenters. The topological polar surface area (TPSA) is 80.9 Å². The average molecular weight is 313 g/mol. The minimum Gasteiger partial charge on any atom is -0.481 e. The number of aromatic nitrogens is 4. The maximum absolute atomic E-state index is 13.9. The number of carbonyl (C=O) groups is 1.